The lowest BCUT2D eigenvalue weighted by atomic mass is 9.84. The maximum Gasteiger partial charge on any atom is 0.256 e. The normalized spacial score (nSPS) is 16.5. The number of pyridine rings is 1. The Morgan fingerprint density at radius 1 is 1.38 bits per heavy atom. The Hall–Kier alpha value is -2.21. The first-order valence-electron chi connectivity index (χ1n) is 8.25. The highest BCUT2D eigenvalue weighted by Gasteiger charge is 2.28. The summed E-state index contributed by atoms with van der Waals surface area (Å²) >= 11 is 1.49. The molecular formula is C18H21N3O2S. The summed E-state index contributed by atoms with van der Waals surface area (Å²) in [5.41, 5.74) is 7.63. The molecule has 2 aromatic rings. The van der Waals surface area contributed by atoms with E-state index in [-0.39, 0.29) is 5.91 Å². The summed E-state index contributed by atoms with van der Waals surface area (Å²) < 4.78 is 0. The summed E-state index contributed by atoms with van der Waals surface area (Å²) in [6.45, 7) is 2.19. The van der Waals surface area contributed by atoms with Gasteiger partial charge >= 0.3 is 0 Å². The van der Waals surface area contributed by atoms with E-state index < -0.39 is 5.91 Å². The van der Waals surface area contributed by atoms with Crippen LogP contribution in [0.15, 0.2) is 24.5 Å². The number of carbonyl (C=O) groups excluding carboxylic acids is 2. The van der Waals surface area contributed by atoms with Crippen LogP contribution in [-0.2, 0) is 12.8 Å². The van der Waals surface area contributed by atoms with E-state index in [4.69, 9.17) is 5.73 Å². The van der Waals surface area contributed by atoms with Crippen LogP contribution in [0.2, 0.25) is 0 Å². The maximum atomic E-state index is 12.4. The molecule has 0 saturated heterocycles. The van der Waals surface area contributed by atoms with Crippen molar-refractivity contribution < 1.29 is 9.59 Å². The van der Waals surface area contributed by atoms with Crippen LogP contribution in [0.25, 0.3) is 0 Å². The molecule has 3 N–H and O–H groups in total. The molecule has 6 heteroatoms. The van der Waals surface area contributed by atoms with E-state index in [9.17, 15) is 9.59 Å². The lowest BCUT2D eigenvalue weighted by Gasteiger charge is -2.21. The van der Waals surface area contributed by atoms with Gasteiger partial charge in [-0.25, -0.2) is 0 Å². The fourth-order valence-corrected chi connectivity index (χ4v) is 4.70. The van der Waals surface area contributed by atoms with Crippen LogP contribution >= 0.6 is 11.3 Å². The van der Waals surface area contributed by atoms with Crippen molar-refractivity contribution in [3.05, 3.63) is 46.1 Å². The highest BCUT2D eigenvalue weighted by molar-refractivity contribution is 7.17. The average Bonchev–Trinajstić information content (AvgIpc) is 2.93. The molecule has 2 aromatic heterocycles. The lowest BCUT2D eigenvalue weighted by Crippen LogP contribution is -2.20. The third-order valence-electron chi connectivity index (χ3n) is 4.48. The highest BCUT2D eigenvalue weighted by Crippen LogP contribution is 2.40. The van der Waals surface area contributed by atoms with Crippen molar-refractivity contribution in [1.29, 1.82) is 0 Å². The van der Waals surface area contributed by atoms with Crippen LogP contribution in [0, 0.1) is 5.92 Å². The minimum absolute atomic E-state index is 0.247. The van der Waals surface area contributed by atoms with Crippen molar-refractivity contribution in [3.63, 3.8) is 0 Å². The van der Waals surface area contributed by atoms with Gasteiger partial charge in [0, 0.05) is 22.8 Å². The number of hydrogen-bond acceptors (Lipinski definition) is 4. The molecule has 126 valence electrons. The van der Waals surface area contributed by atoms with Crippen molar-refractivity contribution in [2.24, 2.45) is 11.7 Å². The van der Waals surface area contributed by atoms with Gasteiger partial charge in [-0.3, -0.25) is 14.6 Å². The highest BCUT2D eigenvalue weighted by atomic mass is 32.1. The summed E-state index contributed by atoms with van der Waals surface area (Å²) in [7, 11) is 0. The van der Waals surface area contributed by atoms with Crippen LogP contribution in [0.3, 0.4) is 0 Å². The van der Waals surface area contributed by atoms with E-state index in [1.54, 1.807) is 24.5 Å². The summed E-state index contributed by atoms with van der Waals surface area (Å²) in [6, 6.07) is 3.29. The molecule has 5 nitrogen and oxygen atoms in total. The number of hydrogen-bond donors (Lipinski definition) is 2. The summed E-state index contributed by atoms with van der Waals surface area (Å²) in [4.78, 5) is 29.4. The summed E-state index contributed by atoms with van der Waals surface area (Å²) in [5, 5.41) is 3.44. The fraction of sp³-hybridized carbons (Fsp3) is 0.389. The molecule has 1 aliphatic carbocycles. The number of nitrogens with zero attached hydrogens (tertiary/aromatic N) is 1. The van der Waals surface area contributed by atoms with Crippen LogP contribution < -0.4 is 11.1 Å². The Bertz CT molecular complexity index is 755. The molecule has 0 saturated carbocycles. The summed E-state index contributed by atoms with van der Waals surface area (Å²) in [6.07, 6.45) is 8.41. The number of nitrogens with one attached hydrogen (secondary N) is 1. The van der Waals surface area contributed by atoms with Gasteiger partial charge in [0.1, 0.15) is 5.00 Å². The number of thiophene rings is 1. The van der Waals surface area contributed by atoms with Gasteiger partial charge in [0.05, 0.1) is 5.56 Å². The largest absolute Gasteiger partial charge is 0.365 e. The zero-order valence-electron chi connectivity index (χ0n) is 13.7. The molecule has 0 unspecified atom stereocenters. The number of rotatable bonds is 5. The zero-order valence-corrected chi connectivity index (χ0v) is 14.5. The van der Waals surface area contributed by atoms with E-state index in [0.717, 1.165) is 24.8 Å². The van der Waals surface area contributed by atoms with E-state index in [1.807, 2.05) is 0 Å². The SMILES string of the molecule is CCC[C@@H]1CCc2c(sc(NC(=O)c3ccncc3)c2C(N)=O)C1. The van der Waals surface area contributed by atoms with Gasteiger partial charge in [0.25, 0.3) is 11.8 Å². The average molecular weight is 343 g/mol. The third-order valence-corrected chi connectivity index (χ3v) is 5.65. The molecule has 0 radical (unpaired) electrons. The van der Waals surface area contributed by atoms with Crippen molar-refractivity contribution in [2.75, 3.05) is 5.32 Å². The van der Waals surface area contributed by atoms with E-state index >= 15 is 0 Å². The van der Waals surface area contributed by atoms with E-state index in [1.165, 1.54) is 29.1 Å². The standard InChI is InChI=1S/C18H21N3O2S/c1-2-3-11-4-5-13-14(10-11)24-18(15(13)16(19)22)21-17(23)12-6-8-20-9-7-12/h6-9,11H,2-5,10H2,1H3,(H2,19,22)(H,21,23)/t11-/m1/s1. The lowest BCUT2D eigenvalue weighted by molar-refractivity contribution is 0.1000. The van der Waals surface area contributed by atoms with Gasteiger partial charge in [0.2, 0.25) is 0 Å². The van der Waals surface area contributed by atoms with E-state index in [0.29, 0.717) is 22.0 Å². The molecule has 2 heterocycles. The second-order valence-electron chi connectivity index (χ2n) is 6.16. The van der Waals surface area contributed by atoms with Gasteiger partial charge in [-0.2, -0.15) is 0 Å². The minimum atomic E-state index is -0.466. The fourth-order valence-electron chi connectivity index (χ4n) is 3.34. The number of amides is 2. The molecular weight excluding hydrogens is 322 g/mol. The molecule has 0 aromatic carbocycles. The molecule has 2 amide bonds. The van der Waals surface area contributed by atoms with Crippen LogP contribution in [-0.4, -0.2) is 16.8 Å². The third kappa shape index (κ3) is 3.33. The predicted molar refractivity (Wildman–Crippen MR) is 95.5 cm³/mol. The predicted octanol–water partition coefficient (Wildman–Crippen LogP) is 3.40. The molecule has 0 bridgehead atoms. The Balaban J connectivity index is 1.88. The minimum Gasteiger partial charge on any atom is -0.365 e. The number of primary amides is 1. The molecule has 0 fully saturated rings. The monoisotopic (exact) mass is 343 g/mol. The number of carbonyl (C=O) groups is 2. The zero-order chi connectivity index (χ0) is 17.1. The molecule has 24 heavy (non-hydrogen) atoms. The number of aromatic nitrogens is 1. The first-order chi connectivity index (χ1) is 11.6. The van der Waals surface area contributed by atoms with Gasteiger partial charge in [-0.05, 0) is 42.9 Å². The smallest absolute Gasteiger partial charge is 0.256 e. The number of anilines is 1. The van der Waals surface area contributed by atoms with Gasteiger partial charge in [-0.15, -0.1) is 11.3 Å². The Kier molecular flexibility index (Phi) is 4.94. The molecule has 1 aliphatic rings. The van der Waals surface area contributed by atoms with Crippen molar-refractivity contribution in [2.45, 2.75) is 39.0 Å². The van der Waals surface area contributed by atoms with Crippen LogP contribution in [0.1, 0.15) is 57.3 Å². The Morgan fingerprint density at radius 2 is 2.12 bits per heavy atom. The van der Waals surface area contributed by atoms with Crippen molar-refractivity contribution >= 4 is 28.2 Å². The number of nitrogens with two attached hydrogens (primary N) is 1. The topological polar surface area (TPSA) is 85.1 Å². The molecule has 1 atom stereocenters. The summed E-state index contributed by atoms with van der Waals surface area (Å²) in [5.74, 6) is -0.0549. The van der Waals surface area contributed by atoms with Crippen molar-refractivity contribution in [3.8, 4) is 0 Å². The number of fused-ring (bicyclic) bond motifs is 1. The maximum absolute atomic E-state index is 12.4. The van der Waals surface area contributed by atoms with Crippen LogP contribution in [0.4, 0.5) is 5.00 Å². The Morgan fingerprint density at radius 3 is 2.79 bits per heavy atom. The van der Waals surface area contributed by atoms with Crippen LogP contribution in [0.5, 0.6) is 0 Å². The quantitative estimate of drug-likeness (QED) is 0.872. The Labute approximate surface area is 145 Å². The van der Waals surface area contributed by atoms with Gasteiger partial charge < -0.3 is 11.1 Å². The molecule has 3 rings (SSSR count). The van der Waals surface area contributed by atoms with Crippen molar-refractivity contribution in [1.82, 2.24) is 4.98 Å². The first-order valence-corrected chi connectivity index (χ1v) is 9.07. The van der Waals surface area contributed by atoms with Gasteiger partial charge in [-0.1, -0.05) is 19.8 Å². The van der Waals surface area contributed by atoms with E-state index in [2.05, 4.69) is 17.2 Å². The molecule has 0 spiro atoms. The second kappa shape index (κ2) is 7.13. The van der Waals surface area contributed by atoms with Gasteiger partial charge in [0.15, 0.2) is 0 Å². The second-order valence-corrected chi connectivity index (χ2v) is 7.26. The molecule has 0 aliphatic heterocycles. The first kappa shape index (κ1) is 16.6.